The summed E-state index contributed by atoms with van der Waals surface area (Å²) in [4.78, 5) is 2.21. The van der Waals surface area contributed by atoms with E-state index in [1.807, 2.05) is 18.2 Å². The van der Waals surface area contributed by atoms with Crippen molar-refractivity contribution in [1.82, 2.24) is 4.90 Å². The Bertz CT molecular complexity index is 625. The zero-order chi connectivity index (χ0) is 17.0. The first-order valence-corrected chi connectivity index (χ1v) is 9.07. The highest BCUT2D eigenvalue weighted by Crippen LogP contribution is 2.47. The van der Waals surface area contributed by atoms with Crippen LogP contribution in [0, 0.1) is 11.8 Å². The van der Waals surface area contributed by atoms with Crippen LogP contribution in [0.1, 0.15) is 30.4 Å². The minimum absolute atomic E-state index is 0.265. The van der Waals surface area contributed by atoms with Crippen molar-refractivity contribution in [2.75, 3.05) is 20.6 Å². The van der Waals surface area contributed by atoms with E-state index in [1.54, 1.807) is 0 Å². The summed E-state index contributed by atoms with van der Waals surface area (Å²) >= 11 is 0. The fourth-order valence-electron chi connectivity index (χ4n) is 4.39. The molecule has 2 heteroatoms. The predicted molar refractivity (Wildman–Crippen MR) is 99.9 cm³/mol. The normalized spacial score (nSPS) is 27.3. The van der Waals surface area contributed by atoms with Crippen LogP contribution in [-0.4, -0.2) is 30.6 Å². The Hall–Kier alpha value is -1.64. The summed E-state index contributed by atoms with van der Waals surface area (Å²) in [5.41, 5.74) is 1.65. The van der Waals surface area contributed by atoms with Gasteiger partial charge < -0.3 is 10.0 Å². The third-order valence-electron chi connectivity index (χ3n) is 5.50. The van der Waals surface area contributed by atoms with E-state index in [0.717, 1.165) is 31.4 Å². The van der Waals surface area contributed by atoms with E-state index in [2.05, 4.69) is 61.5 Å². The Morgan fingerprint density at radius 3 is 2.12 bits per heavy atom. The number of aliphatic hydroxyl groups is 1. The summed E-state index contributed by atoms with van der Waals surface area (Å²) in [6, 6.07) is 20.9. The van der Waals surface area contributed by atoms with Gasteiger partial charge in [-0.3, -0.25) is 0 Å². The molecule has 0 bridgehead atoms. The predicted octanol–water partition coefficient (Wildman–Crippen LogP) is 4.09. The molecular weight excluding hydrogens is 294 g/mol. The minimum Gasteiger partial charge on any atom is -0.385 e. The molecule has 1 aliphatic rings. The largest absolute Gasteiger partial charge is 0.385 e. The fourth-order valence-corrected chi connectivity index (χ4v) is 4.39. The summed E-state index contributed by atoms with van der Waals surface area (Å²) in [7, 11) is 4.21. The highest BCUT2D eigenvalue weighted by Gasteiger charge is 2.47. The molecule has 3 unspecified atom stereocenters. The lowest BCUT2D eigenvalue weighted by Crippen LogP contribution is -2.49. The van der Waals surface area contributed by atoms with Gasteiger partial charge in [0.05, 0.1) is 5.60 Å². The Morgan fingerprint density at radius 2 is 1.50 bits per heavy atom. The summed E-state index contributed by atoms with van der Waals surface area (Å²) in [5, 5.41) is 11.9. The topological polar surface area (TPSA) is 23.5 Å². The van der Waals surface area contributed by atoms with Crippen molar-refractivity contribution >= 4 is 0 Å². The molecular formula is C22H29NO. The van der Waals surface area contributed by atoms with E-state index in [9.17, 15) is 5.11 Å². The average Bonchev–Trinajstić information content (AvgIpc) is 2.60. The molecule has 1 saturated carbocycles. The molecule has 0 amide bonds. The molecule has 0 aliphatic heterocycles. The lowest BCUT2D eigenvalue weighted by atomic mass is 9.63. The SMILES string of the molecule is CN(C)CC1CCCC(Cc2ccccc2)C1(O)c1ccccc1. The Balaban J connectivity index is 1.95. The van der Waals surface area contributed by atoms with Gasteiger partial charge in [-0.15, -0.1) is 0 Å². The van der Waals surface area contributed by atoms with Gasteiger partial charge in [-0.05, 0) is 50.4 Å². The molecule has 3 atom stereocenters. The Kier molecular flexibility index (Phi) is 5.37. The lowest BCUT2D eigenvalue weighted by Gasteiger charge is -2.47. The summed E-state index contributed by atoms with van der Waals surface area (Å²) < 4.78 is 0. The Morgan fingerprint density at radius 1 is 0.917 bits per heavy atom. The van der Waals surface area contributed by atoms with E-state index in [-0.39, 0.29) is 11.8 Å². The van der Waals surface area contributed by atoms with Crippen molar-refractivity contribution in [3.63, 3.8) is 0 Å². The molecule has 0 aromatic heterocycles. The summed E-state index contributed by atoms with van der Waals surface area (Å²) in [6.07, 6.45) is 4.32. The monoisotopic (exact) mass is 323 g/mol. The molecule has 2 aromatic rings. The van der Waals surface area contributed by atoms with Gasteiger partial charge in [0, 0.05) is 12.5 Å². The quantitative estimate of drug-likeness (QED) is 0.895. The van der Waals surface area contributed by atoms with Crippen LogP contribution in [0.15, 0.2) is 60.7 Å². The molecule has 128 valence electrons. The molecule has 0 spiro atoms. The molecule has 1 aliphatic carbocycles. The van der Waals surface area contributed by atoms with Crippen LogP contribution in [0.4, 0.5) is 0 Å². The average molecular weight is 323 g/mol. The number of nitrogens with zero attached hydrogens (tertiary/aromatic N) is 1. The van der Waals surface area contributed by atoms with Crippen molar-refractivity contribution in [3.8, 4) is 0 Å². The molecule has 2 nitrogen and oxygen atoms in total. The zero-order valence-electron chi connectivity index (χ0n) is 14.9. The smallest absolute Gasteiger partial charge is 0.0967 e. The van der Waals surface area contributed by atoms with E-state index < -0.39 is 5.60 Å². The molecule has 0 heterocycles. The third kappa shape index (κ3) is 3.55. The second kappa shape index (κ2) is 7.50. The molecule has 24 heavy (non-hydrogen) atoms. The molecule has 3 rings (SSSR count). The van der Waals surface area contributed by atoms with Crippen LogP contribution in [0.2, 0.25) is 0 Å². The summed E-state index contributed by atoms with van der Waals surface area (Å²) in [5.74, 6) is 0.540. The highest BCUT2D eigenvalue weighted by molar-refractivity contribution is 5.27. The molecule has 0 radical (unpaired) electrons. The second-order valence-corrected chi connectivity index (χ2v) is 7.47. The van der Waals surface area contributed by atoms with Crippen molar-refractivity contribution in [2.24, 2.45) is 11.8 Å². The first-order valence-electron chi connectivity index (χ1n) is 9.07. The second-order valence-electron chi connectivity index (χ2n) is 7.47. The lowest BCUT2D eigenvalue weighted by molar-refractivity contribution is -0.107. The van der Waals surface area contributed by atoms with Crippen molar-refractivity contribution in [1.29, 1.82) is 0 Å². The van der Waals surface area contributed by atoms with Gasteiger partial charge in [0.25, 0.3) is 0 Å². The van der Waals surface area contributed by atoms with Crippen LogP contribution in [0.25, 0.3) is 0 Å². The number of hydrogen-bond donors (Lipinski definition) is 1. The van der Waals surface area contributed by atoms with Gasteiger partial charge in [-0.2, -0.15) is 0 Å². The van der Waals surface area contributed by atoms with Gasteiger partial charge in [-0.1, -0.05) is 67.1 Å². The Labute approximate surface area is 146 Å². The first-order chi connectivity index (χ1) is 11.6. The van der Waals surface area contributed by atoms with Gasteiger partial charge in [0.1, 0.15) is 0 Å². The molecule has 1 fully saturated rings. The zero-order valence-corrected chi connectivity index (χ0v) is 14.9. The van der Waals surface area contributed by atoms with Crippen molar-refractivity contribution in [2.45, 2.75) is 31.3 Å². The maximum absolute atomic E-state index is 11.9. The maximum Gasteiger partial charge on any atom is 0.0967 e. The molecule has 1 N–H and O–H groups in total. The van der Waals surface area contributed by atoms with Crippen LogP contribution in [-0.2, 0) is 12.0 Å². The van der Waals surface area contributed by atoms with Crippen molar-refractivity contribution in [3.05, 3.63) is 71.8 Å². The van der Waals surface area contributed by atoms with Crippen LogP contribution in [0.5, 0.6) is 0 Å². The standard InChI is InChI=1S/C22H29NO/c1-23(2)17-21-15-9-14-20(16-18-10-5-3-6-11-18)22(21,24)19-12-7-4-8-13-19/h3-8,10-13,20-21,24H,9,14-17H2,1-2H3. The van der Waals surface area contributed by atoms with E-state index in [1.165, 1.54) is 12.0 Å². The highest BCUT2D eigenvalue weighted by atomic mass is 16.3. The van der Waals surface area contributed by atoms with Crippen LogP contribution >= 0.6 is 0 Å². The third-order valence-corrected chi connectivity index (χ3v) is 5.50. The molecule has 2 aromatic carbocycles. The first kappa shape index (κ1) is 17.2. The van der Waals surface area contributed by atoms with Crippen molar-refractivity contribution < 1.29 is 5.11 Å². The van der Waals surface area contributed by atoms with Gasteiger partial charge >= 0.3 is 0 Å². The molecule has 0 saturated heterocycles. The maximum atomic E-state index is 11.9. The summed E-state index contributed by atoms with van der Waals surface area (Å²) in [6.45, 7) is 0.927. The fraction of sp³-hybridized carbons (Fsp3) is 0.455. The number of benzene rings is 2. The van der Waals surface area contributed by atoms with Gasteiger partial charge in [-0.25, -0.2) is 0 Å². The van der Waals surface area contributed by atoms with E-state index >= 15 is 0 Å². The van der Waals surface area contributed by atoms with Crippen LogP contribution in [0.3, 0.4) is 0 Å². The van der Waals surface area contributed by atoms with E-state index in [0.29, 0.717) is 0 Å². The number of rotatable bonds is 5. The van der Waals surface area contributed by atoms with Gasteiger partial charge in [0.2, 0.25) is 0 Å². The number of hydrogen-bond acceptors (Lipinski definition) is 2. The van der Waals surface area contributed by atoms with Gasteiger partial charge in [0.15, 0.2) is 0 Å². The van der Waals surface area contributed by atoms with E-state index in [4.69, 9.17) is 0 Å². The minimum atomic E-state index is -0.750. The van der Waals surface area contributed by atoms with Crippen LogP contribution < -0.4 is 0 Å².